The number of aromatic hydroxyl groups is 1. The van der Waals surface area contributed by atoms with Gasteiger partial charge in [-0.1, -0.05) is 24.3 Å². The number of methoxy groups -OCH3 is 2. The molecule has 0 aliphatic heterocycles. The van der Waals surface area contributed by atoms with Crippen LogP contribution in [0.25, 0.3) is 16.5 Å². The lowest BCUT2D eigenvalue weighted by Crippen LogP contribution is -2.20. The minimum atomic E-state index is -0.355. The van der Waals surface area contributed by atoms with E-state index in [2.05, 4.69) is 9.98 Å². The molecular formula is C24H21N3O4. The summed E-state index contributed by atoms with van der Waals surface area (Å²) in [6.07, 6.45) is 3.19. The van der Waals surface area contributed by atoms with Crippen LogP contribution in [-0.4, -0.2) is 35.1 Å². The number of aromatic nitrogens is 2. The summed E-state index contributed by atoms with van der Waals surface area (Å²) in [5, 5.41) is 12.2. The molecule has 0 unspecified atom stereocenters. The Morgan fingerprint density at radius 2 is 1.74 bits per heavy atom. The summed E-state index contributed by atoms with van der Waals surface area (Å²) in [7, 11) is 3.04. The molecule has 156 valence electrons. The number of aliphatic imine (C=N–C) groups is 1. The minimum absolute atomic E-state index is 0.228. The highest BCUT2D eigenvalue weighted by atomic mass is 16.5. The number of aryl methyl sites for hydroxylation is 1. The first-order valence-corrected chi connectivity index (χ1v) is 9.60. The molecule has 2 heterocycles. The predicted molar refractivity (Wildman–Crippen MR) is 121 cm³/mol. The van der Waals surface area contributed by atoms with Crippen molar-refractivity contribution in [2.75, 3.05) is 14.2 Å². The van der Waals surface area contributed by atoms with E-state index in [1.54, 1.807) is 42.6 Å². The van der Waals surface area contributed by atoms with Gasteiger partial charge in [-0.3, -0.25) is 4.79 Å². The number of hydrogen-bond donors (Lipinski definition) is 1. The van der Waals surface area contributed by atoms with Gasteiger partial charge in [0.15, 0.2) is 17.3 Å². The summed E-state index contributed by atoms with van der Waals surface area (Å²) in [5.41, 5.74) is 1.40. The lowest BCUT2D eigenvalue weighted by atomic mass is 10.1. The van der Waals surface area contributed by atoms with Crippen LogP contribution in [0, 0.1) is 6.92 Å². The first kappa shape index (κ1) is 20.2. The molecule has 7 nitrogen and oxygen atoms in total. The Morgan fingerprint density at radius 3 is 2.45 bits per heavy atom. The van der Waals surface area contributed by atoms with Gasteiger partial charge in [-0.15, -0.1) is 0 Å². The Bertz CT molecular complexity index is 1360. The summed E-state index contributed by atoms with van der Waals surface area (Å²) >= 11 is 0. The van der Waals surface area contributed by atoms with Crippen molar-refractivity contribution >= 4 is 22.8 Å². The Kier molecular flexibility index (Phi) is 5.41. The Balaban J connectivity index is 1.98. The van der Waals surface area contributed by atoms with Crippen molar-refractivity contribution in [2.24, 2.45) is 4.99 Å². The van der Waals surface area contributed by atoms with Crippen molar-refractivity contribution in [3.05, 3.63) is 82.3 Å². The van der Waals surface area contributed by atoms with Crippen LogP contribution in [0.1, 0.15) is 11.1 Å². The van der Waals surface area contributed by atoms with Crippen LogP contribution in [0.15, 0.2) is 70.6 Å². The number of rotatable bonds is 5. The van der Waals surface area contributed by atoms with Crippen LogP contribution in [-0.2, 0) is 0 Å². The Hall–Kier alpha value is -4.13. The van der Waals surface area contributed by atoms with E-state index in [4.69, 9.17) is 9.47 Å². The highest BCUT2D eigenvalue weighted by Gasteiger charge is 2.17. The Labute approximate surface area is 178 Å². The second-order valence-electron chi connectivity index (χ2n) is 6.86. The zero-order chi connectivity index (χ0) is 22.0. The summed E-state index contributed by atoms with van der Waals surface area (Å²) in [4.78, 5) is 22.0. The van der Waals surface area contributed by atoms with E-state index in [0.29, 0.717) is 39.3 Å². The summed E-state index contributed by atoms with van der Waals surface area (Å²) in [5.74, 6) is 1.27. The fourth-order valence-electron chi connectivity index (χ4n) is 3.43. The van der Waals surface area contributed by atoms with Gasteiger partial charge in [0.05, 0.1) is 25.5 Å². The molecule has 0 saturated carbocycles. The minimum Gasteiger partial charge on any atom is -0.494 e. The number of nitrogens with zero attached hydrogens (tertiary/aromatic N) is 3. The molecule has 2 aromatic heterocycles. The van der Waals surface area contributed by atoms with Crippen molar-refractivity contribution in [3.63, 3.8) is 0 Å². The molecular weight excluding hydrogens is 394 g/mol. The third-order valence-electron chi connectivity index (χ3n) is 5.03. The largest absolute Gasteiger partial charge is 0.494 e. The van der Waals surface area contributed by atoms with Gasteiger partial charge in [-0.25, -0.2) is 14.5 Å². The summed E-state index contributed by atoms with van der Waals surface area (Å²) < 4.78 is 11.9. The van der Waals surface area contributed by atoms with Crippen molar-refractivity contribution in [2.45, 2.75) is 6.92 Å². The van der Waals surface area contributed by atoms with Crippen molar-refractivity contribution in [1.29, 1.82) is 0 Å². The quantitative estimate of drug-likeness (QED) is 0.495. The van der Waals surface area contributed by atoms with Crippen LogP contribution < -0.4 is 15.0 Å². The lowest BCUT2D eigenvalue weighted by Gasteiger charge is -2.15. The zero-order valence-electron chi connectivity index (χ0n) is 17.4. The molecule has 0 amide bonds. The van der Waals surface area contributed by atoms with Gasteiger partial charge >= 0.3 is 0 Å². The average Bonchev–Trinajstić information content (AvgIpc) is 2.80. The predicted octanol–water partition coefficient (Wildman–Crippen LogP) is 4.17. The molecule has 0 atom stereocenters. The number of benzene rings is 2. The van der Waals surface area contributed by atoms with Gasteiger partial charge in [0, 0.05) is 29.3 Å². The summed E-state index contributed by atoms with van der Waals surface area (Å²) in [6, 6.07) is 15.8. The molecule has 0 bridgehead atoms. The molecule has 0 aliphatic carbocycles. The normalized spacial score (nSPS) is 11.2. The van der Waals surface area contributed by atoms with Gasteiger partial charge in [0.1, 0.15) is 0 Å². The Morgan fingerprint density at radius 1 is 1.00 bits per heavy atom. The first-order valence-electron chi connectivity index (χ1n) is 9.60. The van der Waals surface area contributed by atoms with E-state index < -0.39 is 0 Å². The third-order valence-corrected chi connectivity index (χ3v) is 5.03. The second-order valence-corrected chi connectivity index (χ2v) is 6.86. The van der Waals surface area contributed by atoms with E-state index in [-0.39, 0.29) is 11.4 Å². The molecule has 4 aromatic rings. The van der Waals surface area contributed by atoms with E-state index >= 15 is 0 Å². The SMILES string of the molecule is COc1ccc(-n2c(O)c(/C=N/c3ncccc3C)c3ccccc3c2=O)cc1OC. The highest BCUT2D eigenvalue weighted by Crippen LogP contribution is 2.32. The van der Waals surface area contributed by atoms with E-state index in [9.17, 15) is 9.90 Å². The number of pyridine rings is 2. The van der Waals surface area contributed by atoms with Crippen LogP contribution in [0.2, 0.25) is 0 Å². The molecule has 0 fully saturated rings. The smallest absolute Gasteiger partial charge is 0.265 e. The monoisotopic (exact) mass is 415 g/mol. The second kappa shape index (κ2) is 8.31. The van der Waals surface area contributed by atoms with Crippen LogP contribution in [0.3, 0.4) is 0 Å². The average molecular weight is 415 g/mol. The lowest BCUT2D eigenvalue weighted by molar-refractivity contribution is 0.354. The number of fused-ring (bicyclic) bond motifs is 1. The number of ether oxygens (including phenoxy) is 2. The first-order chi connectivity index (χ1) is 15.0. The van der Waals surface area contributed by atoms with Crippen molar-refractivity contribution < 1.29 is 14.6 Å². The number of hydrogen-bond acceptors (Lipinski definition) is 6. The standard InChI is InChI=1S/C24H21N3O4/c1-15-7-6-12-25-22(15)26-14-19-17-8-4-5-9-18(17)23(28)27(24(19)29)16-10-11-20(30-2)21(13-16)31-3/h4-14,29H,1-3H3/b26-14+. The molecule has 0 aliphatic rings. The van der Waals surface area contributed by atoms with E-state index in [1.807, 2.05) is 25.1 Å². The van der Waals surface area contributed by atoms with Gasteiger partial charge in [-0.2, -0.15) is 0 Å². The van der Waals surface area contributed by atoms with Gasteiger partial charge < -0.3 is 14.6 Å². The van der Waals surface area contributed by atoms with Gasteiger partial charge in [-0.05, 0) is 36.8 Å². The maximum absolute atomic E-state index is 13.3. The topological polar surface area (TPSA) is 85.9 Å². The van der Waals surface area contributed by atoms with Gasteiger partial charge in [0.2, 0.25) is 5.88 Å². The molecule has 31 heavy (non-hydrogen) atoms. The van der Waals surface area contributed by atoms with Crippen LogP contribution in [0.5, 0.6) is 17.4 Å². The van der Waals surface area contributed by atoms with Gasteiger partial charge in [0.25, 0.3) is 5.56 Å². The fraction of sp³-hybridized carbons (Fsp3) is 0.125. The maximum Gasteiger partial charge on any atom is 0.265 e. The zero-order valence-corrected chi connectivity index (χ0v) is 17.4. The molecule has 0 spiro atoms. The van der Waals surface area contributed by atoms with E-state index in [0.717, 1.165) is 5.56 Å². The molecule has 0 saturated heterocycles. The third kappa shape index (κ3) is 3.61. The van der Waals surface area contributed by atoms with Crippen LogP contribution in [0.4, 0.5) is 5.82 Å². The van der Waals surface area contributed by atoms with E-state index in [1.165, 1.54) is 25.0 Å². The molecule has 1 N–H and O–H groups in total. The molecule has 4 rings (SSSR count). The molecule has 7 heteroatoms. The van der Waals surface area contributed by atoms with Crippen LogP contribution >= 0.6 is 0 Å². The fourth-order valence-corrected chi connectivity index (χ4v) is 3.43. The molecule has 0 radical (unpaired) electrons. The molecule has 2 aromatic carbocycles. The maximum atomic E-state index is 13.3. The van der Waals surface area contributed by atoms with Crippen molar-refractivity contribution in [3.8, 4) is 23.1 Å². The highest BCUT2D eigenvalue weighted by molar-refractivity contribution is 6.02. The summed E-state index contributed by atoms with van der Waals surface area (Å²) in [6.45, 7) is 1.90. The van der Waals surface area contributed by atoms with Crippen molar-refractivity contribution in [1.82, 2.24) is 9.55 Å².